The zero-order chi connectivity index (χ0) is 9.10. The standard InChI is InChI=1S/C10H13ClN2.ClH/c11-9-7-12-6-4-8(9)10-3-1-2-5-13-10;/h4,6-7,10,13H,1-3,5H2;1H/t10-;/m0./s1. The van der Waals surface area contributed by atoms with Crippen molar-refractivity contribution < 1.29 is 0 Å². The van der Waals surface area contributed by atoms with E-state index in [9.17, 15) is 0 Å². The lowest BCUT2D eigenvalue weighted by Crippen LogP contribution is -2.26. The molecule has 0 amide bonds. The molecule has 0 aliphatic carbocycles. The van der Waals surface area contributed by atoms with Crippen molar-refractivity contribution in [3.8, 4) is 0 Å². The molecule has 14 heavy (non-hydrogen) atoms. The molecular weight excluding hydrogens is 219 g/mol. The van der Waals surface area contributed by atoms with Crippen molar-refractivity contribution in [2.24, 2.45) is 0 Å². The van der Waals surface area contributed by atoms with Crippen molar-refractivity contribution >= 4 is 24.0 Å². The van der Waals surface area contributed by atoms with Gasteiger partial charge in [-0.05, 0) is 31.0 Å². The maximum Gasteiger partial charge on any atom is 0.0637 e. The molecular formula is C10H14Cl2N2. The van der Waals surface area contributed by atoms with Crippen LogP contribution in [0.3, 0.4) is 0 Å². The van der Waals surface area contributed by atoms with E-state index < -0.39 is 0 Å². The van der Waals surface area contributed by atoms with Gasteiger partial charge in [-0.2, -0.15) is 0 Å². The quantitative estimate of drug-likeness (QED) is 0.806. The number of nitrogens with one attached hydrogen (secondary N) is 1. The molecule has 0 aromatic carbocycles. The van der Waals surface area contributed by atoms with Crippen LogP contribution in [0.2, 0.25) is 5.02 Å². The molecule has 1 N–H and O–H groups in total. The average Bonchev–Trinajstić information content (AvgIpc) is 2.20. The third-order valence-corrected chi connectivity index (χ3v) is 2.81. The minimum absolute atomic E-state index is 0. The van der Waals surface area contributed by atoms with Gasteiger partial charge < -0.3 is 5.32 Å². The molecule has 0 radical (unpaired) electrons. The zero-order valence-electron chi connectivity index (χ0n) is 7.87. The van der Waals surface area contributed by atoms with Crippen LogP contribution in [0, 0.1) is 0 Å². The SMILES string of the molecule is Cl.Clc1cnccc1[C@@H]1CCCCN1. The summed E-state index contributed by atoms with van der Waals surface area (Å²) in [6.45, 7) is 1.10. The topological polar surface area (TPSA) is 24.9 Å². The molecule has 1 saturated heterocycles. The molecule has 0 spiro atoms. The maximum atomic E-state index is 6.06. The molecule has 2 heterocycles. The van der Waals surface area contributed by atoms with E-state index in [2.05, 4.69) is 10.3 Å². The Morgan fingerprint density at radius 1 is 1.43 bits per heavy atom. The summed E-state index contributed by atoms with van der Waals surface area (Å²) < 4.78 is 0. The molecule has 1 fully saturated rings. The Kier molecular flexibility index (Phi) is 4.66. The van der Waals surface area contributed by atoms with E-state index in [-0.39, 0.29) is 12.4 Å². The third kappa shape index (κ3) is 2.59. The highest BCUT2D eigenvalue weighted by molar-refractivity contribution is 6.31. The third-order valence-electron chi connectivity index (χ3n) is 2.49. The van der Waals surface area contributed by atoms with Gasteiger partial charge in [-0.3, -0.25) is 4.98 Å². The Labute approximate surface area is 95.5 Å². The van der Waals surface area contributed by atoms with E-state index in [1.807, 2.05) is 6.07 Å². The lowest BCUT2D eigenvalue weighted by molar-refractivity contribution is 0.412. The van der Waals surface area contributed by atoms with Crippen molar-refractivity contribution in [2.45, 2.75) is 25.3 Å². The average molecular weight is 233 g/mol. The molecule has 1 aliphatic rings. The number of pyridine rings is 1. The van der Waals surface area contributed by atoms with E-state index in [0.717, 1.165) is 11.6 Å². The minimum Gasteiger partial charge on any atom is -0.310 e. The van der Waals surface area contributed by atoms with Crippen molar-refractivity contribution in [3.63, 3.8) is 0 Å². The highest BCUT2D eigenvalue weighted by atomic mass is 35.5. The second kappa shape index (κ2) is 5.54. The van der Waals surface area contributed by atoms with E-state index in [1.165, 1.54) is 24.8 Å². The maximum absolute atomic E-state index is 6.06. The van der Waals surface area contributed by atoms with Crippen molar-refractivity contribution in [2.75, 3.05) is 6.54 Å². The highest BCUT2D eigenvalue weighted by Gasteiger charge is 2.16. The van der Waals surface area contributed by atoms with Crippen LogP contribution in [0.15, 0.2) is 18.5 Å². The van der Waals surface area contributed by atoms with Gasteiger partial charge in [0.25, 0.3) is 0 Å². The Morgan fingerprint density at radius 2 is 2.29 bits per heavy atom. The van der Waals surface area contributed by atoms with Crippen LogP contribution in [0.25, 0.3) is 0 Å². The number of rotatable bonds is 1. The van der Waals surface area contributed by atoms with E-state index in [1.54, 1.807) is 12.4 Å². The number of hydrogen-bond acceptors (Lipinski definition) is 2. The van der Waals surface area contributed by atoms with E-state index in [0.29, 0.717) is 6.04 Å². The lowest BCUT2D eigenvalue weighted by atomic mass is 9.98. The van der Waals surface area contributed by atoms with Gasteiger partial charge in [-0.1, -0.05) is 18.0 Å². The summed E-state index contributed by atoms with van der Waals surface area (Å²) in [5, 5.41) is 4.24. The summed E-state index contributed by atoms with van der Waals surface area (Å²) in [6.07, 6.45) is 7.27. The smallest absolute Gasteiger partial charge is 0.0637 e. The number of aromatic nitrogens is 1. The number of hydrogen-bond donors (Lipinski definition) is 1. The summed E-state index contributed by atoms with van der Waals surface area (Å²) in [5.74, 6) is 0. The predicted molar refractivity (Wildman–Crippen MR) is 61.1 cm³/mol. The normalized spacial score (nSPS) is 21.4. The van der Waals surface area contributed by atoms with Crippen LogP contribution in [-0.2, 0) is 0 Å². The van der Waals surface area contributed by atoms with Crippen molar-refractivity contribution in [1.29, 1.82) is 0 Å². The summed E-state index contributed by atoms with van der Waals surface area (Å²) >= 11 is 6.06. The van der Waals surface area contributed by atoms with Gasteiger partial charge in [0.2, 0.25) is 0 Å². The van der Waals surface area contributed by atoms with Gasteiger partial charge in [0.1, 0.15) is 0 Å². The van der Waals surface area contributed by atoms with Gasteiger partial charge in [0.05, 0.1) is 5.02 Å². The van der Waals surface area contributed by atoms with Crippen LogP contribution in [0.1, 0.15) is 30.9 Å². The summed E-state index contributed by atoms with van der Waals surface area (Å²) in [7, 11) is 0. The number of nitrogens with zero attached hydrogens (tertiary/aromatic N) is 1. The second-order valence-electron chi connectivity index (χ2n) is 3.40. The van der Waals surface area contributed by atoms with Gasteiger partial charge in [-0.25, -0.2) is 0 Å². The lowest BCUT2D eigenvalue weighted by Gasteiger charge is -2.24. The molecule has 4 heteroatoms. The zero-order valence-corrected chi connectivity index (χ0v) is 9.44. The van der Waals surface area contributed by atoms with Gasteiger partial charge in [0, 0.05) is 18.4 Å². The molecule has 0 bridgehead atoms. The molecule has 2 nitrogen and oxygen atoms in total. The first-order valence-electron chi connectivity index (χ1n) is 4.71. The van der Waals surface area contributed by atoms with Crippen LogP contribution in [0.5, 0.6) is 0 Å². The minimum atomic E-state index is 0. The first-order chi connectivity index (χ1) is 6.38. The first-order valence-corrected chi connectivity index (χ1v) is 5.08. The molecule has 1 aliphatic heterocycles. The molecule has 78 valence electrons. The van der Waals surface area contributed by atoms with Gasteiger partial charge in [-0.15, -0.1) is 12.4 Å². The molecule has 1 aromatic heterocycles. The van der Waals surface area contributed by atoms with Crippen LogP contribution in [0.4, 0.5) is 0 Å². The molecule has 0 unspecified atom stereocenters. The summed E-state index contributed by atoms with van der Waals surface area (Å²) in [4.78, 5) is 3.98. The largest absolute Gasteiger partial charge is 0.310 e. The van der Waals surface area contributed by atoms with Crippen LogP contribution < -0.4 is 5.32 Å². The van der Waals surface area contributed by atoms with Gasteiger partial charge >= 0.3 is 0 Å². The summed E-state index contributed by atoms with van der Waals surface area (Å²) in [6, 6.07) is 2.44. The molecule has 1 aromatic rings. The highest BCUT2D eigenvalue weighted by Crippen LogP contribution is 2.27. The monoisotopic (exact) mass is 232 g/mol. The second-order valence-corrected chi connectivity index (χ2v) is 3.81. The Morgan fingerprint density at radius 3 is 2.93 bits per heavy atom. The number of halogens is 2. The Balaban J connectivity index is 0.000000980. The molecule has 2 rings (SSSR count). The van der Waals surface area contributed by atoms with E-state index >= 15 is 0 Å². The fraction of sp³-hybridized carbons (Fsp3) is 0.500. The fourth-order valence-electron chi connectivity index (χ4n) is 1.79. The van der Waals surface area contributed by atoms with Crippen molar-refractivity contribution in [3.05, 3.63) is 29.0 Å². The summed E-state index contributed by atoms with van der Waals surface area (Å²) in [5.41, 5.74) is 1.19. The van der Waals surface area contributed by atoms with Crippen LogP contribution >= 0.6 is 24.0 Å². The van der Waals surface area contributed by atoms with Crippen LogP contribution in [-0.4, -0.2) is 11.5 Å². The molecule has 1 atom stereocenters. The van der Waals surface area contributed by atoms with E-state index in [4.69, 9.17) is 11.6 Å². The fourth-order valence-corrected chi connectivity index (χ4v) is 2.04. The Hall–Kier alpha value is -0.310. The predicted octanol–water partition coefficient (Wildman–Crippen LogP) is 2.97. The first kappa shape index (κ1) is 11.8. The number of piperidine rings is 1. The molecule has 0 saturated carbocycles. The van der Waals surface area contributed by atoms with Crippen molar-refractivity contribution in [1.82, 2.24) is 10.3 Å². The Bertz CT molecular complexity index is 285. The van der Waals surface area contributed by atoms with Gasteiger partial charge in [0.15, 0.2) is 0 Å².